The minimum absolute atomic E-state index is 0.515. The Morgan fingerprint density at radius 2 is 2.15 bits per heavy atom. The molecule has 0 bridgehead atoms. The molecule has 2 rings (SSSR count). The first kappa shape index (κ1) is 9.78. The molecule has 0 N–H and O–H groups in total. The smallest absolute Gasteiger partial charge is 0.0755 e. The number of fused-ring (bicyclic) bond motifs is 1. The molecule has 0 saturated carbocycles. The molecule has 0 atom stereocenters. The monoisotopic (exact) mass is 294 g/mol. The Bertz CT molecular complexity index is 450. The molecular weight excluding hydrogens is 291 g/mol. The third kappa shape index (κ3) is 1.73. The van der Waals surface area contributed by atoms with Crippen molar-refractivity contribution in [3.8, 4) is 0 Å². The minimum Gasteiger partial charge on any atom is -0.128 e. The number of benzene rings is 1. The van der Waals surface area contributed by atoms with Gasteiger partial charge in [0.25, 0.3) is 0 Å². The van der Waals surface area contributed by atoms with Crippen LogP contribution in [0, 0.1) is 0 Å². The molecule has 0 unspecified atom stereocenters. The molecule has 0 aliphatic heterocycles. The summed E-state index contributed by atoms with van der Waals surface area (Å²) < 4.78 is 2.31. The second-order valence-corrected chi connectivity index (χ2v) is 5.70. The van der Waals surface area contributed by atoms with Crippen molar-refractivity contribution in [3.05, 3.63) is 32.6 Å². The van der Waals surface area contributed by atoms with Crippen molar-refractivity contribution in [1.29, 1.82) is 0 Å². The van der Waals surface area contributed by atoms with E-state index in [-0.39, 0.29) is 0 Å². The molecular formula is C9H5BrCl2S. The fraction of sp³-hybridized carbons (Fsp3) is 0.111. The summed E-state index contributed by atoms with van der Waals surface area (Å²) in [5.74, 6) is 0.515. The lowest BCUT2D eigenvalue weighted by atomic mass is 10.2. The maximum atomic E-state index is 5.90. The molecule has 0 spiro atoms. The van der Waals surface area contributed by atoms with E-state index in [0.717, 1.165) is 19.8 Å². The van der Waals surface area contributed by atoms with Gasteiger partial charge in [-0.3, -0.25) is 0 Å². The van der Waals surface area contributed by atoms with Crippen molar-refractivity contribution in [2.45, 2.75) is 5.88 Å². The molecule has 68 valence electrons. The van der Waals surface area contributed by atoms with Crippen LogP contribution < -0.4 is 0 Å². The molecule has 1 aromatic carbocycles. The summed E-state index contributed by atoms with van der Waals surface area (Å²) in [6, 6.07) is 5.86. The highest BCUT2D eigenvalue weighted by Gasteiger charge is 2.08. The van der Waals surface area contributed by atoms with E-state index >= 15 is 0 Å². The second kappa shape index (κ2) is 3.77. The summed E-state index contributed by atoms with van der Waals surface area (Å²) in [7, 11) is 0. The van der Waals surface area contributed by atoms with Gasteiger partial charge in [0.15, 0.2) is 0 Å². The van der Waals surface area contributed by atoms with Crippen molar-refractivity contribution in [2.24, 2.45) is 0 Å². The summed E-state index contributed by atoms with van der Waals surface area (Å²) in [6.07, 6.45) is 0. The van der Waals surface area contributed by atoms with Crippen molar-refractivity contribution in [2.75, 3.05) is 0 Å². The van der Waals surface area contributed by atoms with Crippen molar-refractivity contribution in [3.63, 3.8) is 0 Å². The fourth-order valence-corrected chi connectivity index (χ4v) is 3.71. The van der Waals surface area contributed by atoms with Gasteiger partial charge in [-0.1, -0.05) is 11.6 Å². The van der Waals surface area contributed by atoms with Crippen LogP contribution in [0.5, 0.6) is 0 Å². The molecule has 0 amide bonds. The fourth-order valence-electron chi connectivity index (χ4n) is 1.22. The average molecular weight is 296 g/mol. The van der Waals surface area contributed by atoms with Gasteiger partial charge in [0.2, 0.25) is 0 Å². The number of alkyl halides is 1. The van der Waals surface area contributed by atoms with Gasteiger partial charge in [0.05, 0.1) is 3.79 Å². The van der Waals surface area contributed by atoms with E-state index in [4.69, 9.17) is 23.2 Å². The van der Waals surface area contributed by atoms with Crippen LogP contribution in [-0.2, 0) is 5.88 Å². The molecule has 0 radical (unpaired) electrons. The van der Waals surface area contributed by atoms with Crippen LogP contribution >= 0.6 is 50.5 Å². The van der Waals surface area contributed by atoms with E-state index in [1.54, 1.807) is 11.3 Å². The van der Waals surface area contributed by atoms with Gasteiger partial charge in [-0.25, -0.2) is 0 Å². The van der Waals surface area contributed by atoms with Gasteiger partial charge in [-0.05, 0) is 45.1 Å². The number of hydrogen-bond acceptors (Lipinski definition) is 1. The van der Waals surface area contributed by atoms with Crippen LogP contribution in [-0.4, -0.2) is 0 Å². The lowest BCUT2D eigenvalue weighted by Gasteiger charge is -1.94. The van der Waals surface area contributed by atoms with E-state index < -0.39 is 0 Å². The standard InChI is InChI=1S/C9H5BrCl2S/c10-9-7(4-11)6-3-5(12)1-2-8(6)13-9/h1-3H,4H2. The zero-order valence-electron chi connectivity index (χ0n) is 6.48. The van der Waals surface area contributed by atoms with Gasteiger partial charge in [0, 0.05) is 15.6 Å². The summed E-state index contributed by atoms with van der Waals surface area (Å²) >= 11 is 16.9. The summed E-state index contributed by atoms with van der Waals surface area (Å²) in [6.45, 7) is 0. The van der Waals surface area contributed by atoms with Crippen LogP contribution in [0.4, 0.5) is 0 Å². The van der Waals surface area contributed by atoms with Crippen LogP contribution in [0.2, 0.25) is 5.02 Å². The third-order valence-electron chi connectivity index (χ3n) is 1.84. The minimum atomic E-state index is 0.515. The SMILES string of the molecule is ClCc1c(Br)sc2ccc(Cl)cc12. The highest BCUT2D eigenvalue weighted by molar-refractivity contribution is 9.11. The maximum Gasteiger partial charge on any atom is 0.0755 e. The largest absolute Gasteiger partial charge is 0.128 e. The van der Waals surface area contributed by atoms with Crippen molar-refractivity contribution in [1.82, 2.24) is 0 Å². The lowest BCUT2D eigenvalue weighted by Crippen LogP contribution is -1.74. The molecule has 13 heavy (non-hydrogen) atoms. The average Bonchev–Trinajstić information content (AvgIpc) is 2.40. The molecule has 1 heterocycles. The van der Waals surface area contributed by atoms with Gasteiger partial charge < -0.3 is 0 Å². The van der Waals surface area contributed by atoms with Gasteiger partial charge >= 0.3 is 0 Å². The lowest BCUT2D eigenvalue weighted by molar-refractivity contribution is 1.47. The van der Waals surface area contributed by atoms with E-state index in [9.17, 15) is 0 Å². The number of rotatable bonds is 1. The van der Waals surface area contributed by atoms with Gasteiger partial charge in [-0.15, -0.1) is 22.9 Å². The highest BCUT2D eigenvalue weighted by Crippen LogP contribution is 2.37. The Balaban J connectivity index is 2.80. The molecule has 0 aliphatic carbocycles. The topological polar surface area (TPSA) is 0 Å². The first-order valence-corrected chi connectivity index (χ1v) is 6.17. The molecule has 4 heteroatoms. The van der Waals surface area contributed by atoms with E-state index in [0.29, 0.717) is 5.88 Å². The molecule has 0 aliphatic rings. The normalized spacial score (nSPS) is 11.0. The first-order chi connectivity index (χ1) is 6.22. The zero-order chi connectivity index (χ0) is 9.42. The second-order valence-electron chi connectivity index (χ2n) is 2.63. The highest BCUT2D eigenvalue weighted by atomic mass is 79.9. The van der Waals surface area contributed by atoms with E-state index in [1.807, 2.05) is 18.2 Å². The summed E-state index contributed by atoms with van der Waals surface area (Å²) in [5, 5.41) is 1.91. The Labute approximate surface area is 98.6 Å². The summed E-state index contributed by atoms with van der Waals surface area (Å²) in [4.78, 5) is 0. The predicted molar refractivity (Wildman–Crippen MR) is 64.1 cm³/mol. The maximum absolute atomic E-state index is 5.90. The quantitative estimate of drug-likeness (QED) is 0.645. The number of thiophene rings is 1. The Morgan fingerprint density at radius 1 is 1.38 bits per heavy atom. The van der Waals surface area contributed by atoms with E-state index in [2.05, 4.69) is 15.9 Å². The van der Waals surface area contributed by atoms with Crippen molar-refractivity contribution < 1.29 is 0 Å². The first-order valence-electron chi connectivity index (χ1n) is 3.65. The van der Waals surface area contributed by atoms with Crippen LogP contribution in [0.1, 0.15) is 5.56 Å². The van der Waals surface area contributed by atoms with Gasteiger partial charge in [-0.2, -0.15) is 0 Å². The zero-order valence-corrected chi connectivity index (χ0v) is 10.4. The summed E-state index contributed by atoms with van der Waals surface area (Å²) in [5.41, 5.74) is 1.13. The van der Waals surface area contributed by atoms with E-state index in [1.165, 1.54) is 4.70 Å². The molecule has 0 fully saturated rings. The van der Waals surface area contributed by atoms with Gasteiger partial charge in [0.1, 0.15) is 0 Å². The van der Waals surface area contributed by atoms with Crippen LogP contribution in [0.25, 0.3) is 10.1 Å². The Hall–Kier alpha value is 0.240. The third-order valence-corrected chi connectivity index (χ3v) is 4.31. The molecule has 0 nitrogen and oxygen atoms in total. The Kier molecular flexibility index (Phi) is 2.84. The molecule has 0 saturated heterocycles. The van der Waals surface area contributed by atoms with Crippen LogP contribution in [0.3, 0.4) is 0 Å². The number of hydrogen-bond donors (Lipinski definition) is 0. The molecule has 1 aromatic heterocycles. The number of halogens is 3. The van der Waals surface area contributed by atoms with Crippen LogP contribution in [0.15, 0.2) is 22.0 Å². The molecule has 2 aromatic rings. The van der Waals surface area contributed by atoms with Crippen molar-refractivity contribution >= 4 is 60.6 Å². The Morgan fingerprint density at radius 3 is 2.85 bits per heavy atom. The predicted octanol–water partition coefficient (Wildman–Crippen LogP) is 5.06.